The monoisotopic (exact) mass is 424 g/mol. The summed E-state index contributed by atoms with van der Waals surface area (Å²) in [5, 5.41) is 10.3. The molecule has 1 saturated heterocycles. The Morgan fingerprint density at radius 1 is 1.32 bits per heavy atom. The third-order valence-electron chi connectivity index (χ3n) is 3.60. The summed E-state index contributed by atoms with van der Waals surface area (Å²) < 4.78 is 5.24. The molecule has 1 fully saturated rings. The van der Waals surface area contributed by atoms with E-state index >= 15 is 0 Å². The molecule has 25 heavy (non-hydrogen) atoms. The lowest BCUT2D eigenvalue weighted by atomic mass is 9.98. The first-order chi connectivity index (χ1) is 11.6. The molecule has 152 valence electrons. The van der Waals surface area contributed by atoms with Crippen LogP contribution in [0.3, 0.4) is 0 Å². The zero-order chi connectivity index (χ0) is 19.9. The molecule has 5 nitrogen and oxygen atoms in total. The van der Waals surface area contributed by atoms with Gasteiger partial charge in [-0.05, 0) is 53.5 Å². The zero-order valence-electron chi connectivity index (χ0n) is 17.2. The summed E-state index contributed by atoms with van der Waals surface area (Å²) in [5.41, 5.74) is 5.59. The van der Waals surface area contributed by atoms with E-state index in [1.165, 1.54) is 32.1 Å². The first-order valence-electron chi connectivity index (χ1n) is 9.38. The number of ether oxygens (including phenoxy) is 1. The number of aliphatic hydroxyl groups excluding tert-OH is 1. The summed E-state index contributed by atoms with van der Waals surface area (Å²) in [7, 11) is 1.00. The summed E-state index contributed by atoms with van der Waals surface area (Å²) in [5.74, 6) is -0.145. The summed E-state index contributed by atoms with van der Waals surface area (Å²) in [6.45, 7) is 12.0. The maximum Gasteiger partial charge on any atom is 0.320 e. The highest BCUT2D eigenvalue weighted by molar-refractivity contribution is 9.10. The van der Waals surface area contributed by atoms with Gasteiger partial charge in [-0.15, -0.1) is 0 Å². The van der Waals surface area contributed by atoms with E-state index in [4.69, 9.17) is 15.6 Å². The highest BCUT2D eigenvalue weighted by Crippen LogP contribution is 2.17. The Kier molecular flexibility index (Phi) is 16.2. The largest absolute Gasteiger partial charge is 0.459 e. The fourth-order valence-electron chi connectivity index (χ4n) is 2.30. The highest BCUT2D eigenvalue weighted by Gasteiger charge is 2.22. The van der Waals surface area contributed by atoms with Gasteiger partial charge in [0.1, 0.15) is 10.4 Å². The number of halogens is 1. The number of nitrogens with two attached hydrogens (primary N) is 1. The van der Waals surface area contributed by atoms with Gasteiger partial charge in [-0.25, -0.2) is 0 Å². The van der Waals surface area contributed by atoms with Crippen molar-refractivity contribution in [3.05, 3.63) is 0 Å². The third kappa shape index (κ3) is 18.4. The van der Waals surface area contributed by atoms with Crippen molar-refractivity contribution in [2.75, 3.05) is 20.2 Å². The number of nitrogens with one attached hydrogen (secondary N) is 1. The van der Waals surface area contributed by atoms with Crippen LogP contribution in [-0.2, 0) is 9.53 Å². The van der Waals surface area contributed by atoms with Crippen LogP contribution < -0.4 is 11.1 Å². The Hall–Kier alpha value is -0.170. The predicted molar refractivity (Wildman–Crippen MR) is 110 cm³/mol. The van der Waals surface area contributed by atoms with Crippen molar-refractivity contribution >= 4 is 21.9 Å². The van der Waals surface area contributed by atoms with E-state index in [-0.39, 0.29) is 21.9 Å². The van der Waals surface area contributed by atoms with Crippen LogP contribution in [0.25, 0.3) is 0 Å². The zero-order valence-corrected chi connectivity index (χ0v) is 18.7. The summed E-state index contributed by atoms with van der Waals surface area (Å²) in [6.07, 6.45) is 8.01. The smallest absolute Gasteiger partial charge is 0.320 e. The van der Waals surface area contributed by atoms with Crippen LogP contribution in [0.15, 0.2) is 0 Å². The van der Waals surface area contributed by atoms with E-state index in [1.807, 2.05) is 20.8 Å². The van der Waals surface area contributed by atoms with Gasteiger partial charge in [0, 0.05) is 19.2 Å². The van der Waals surface area contributed by atoms with Crippen molar-refractivity contribution in [3.8, 4) is 0 Å². The topological polar surface area (TPSA) is 84.6 Å². The van der Waals surface area contributed by atoms with Crippen molar-refractivity contribution in [3.63, 3.8) is 0 Å². The number of rotatable bonds is 5. The normalized spacial score (nSPS) is 21.6. The van der Waals surface area contributed by atoms with Gasteiger partial charge < -0.3 is 20.9 Å². The van der Waals surface area contributed by atoms with E-state index in [1.54, 1.807) is 0 Å². The maximum absolute atomic E-state index is 11.5. The number of esters is 1. The van der Waals surface area contributed by atoms with Gasteiger partial charge in [-0.2, -0.15) is 0 Å². The molecule has 0 radical (unpaired) electrons. The average Bonchev–Trinajstić information content (AvgIpc) is 2.72. The number of unbranched alkanes of at least 4 members (excludes halogenated alkanes) is 2. The van der Waals surface area contributed by atoms with Crippen LogP contribution in [0.1, 0.15) is 79.6 Å². The second-order valence-corrected chi connectivity index (χ2v) is 8.89. The second kappa shape index (κ2) is 14.9. The molecule has 0 aromatic rings. The van der Waals surface area contributed by atoms with Crippen molar-refractivity contribution in [1.82, 2.24) is 5.32 Å². The molecule has 2 atom stereocenters. The SMILES string of the molecule is CC1(N)CCCCNC1.CCCCC[C@H](Br)C(=O)OC(C)(C)C.CO. The number of carbonyl (C=O) groups is 1. The van der Waals surface area contributed by atoms with Crippen molar-refractivity contribution in [1.29, 1.82) is 0 Å². The Balaban J connectivity index is 0. The molecule has 1 rings (SSSR count). The fourth-order valence-corrected chi connectivity index (χ4v) is 2.72. The molecule has 1 aliphatic rings. The summed E-state index contributed by atoms with van der Waals surface area (Å²) in [6, 6.07) is 0. The number of hydrogen-bond acceptors (Lipinski definition) is 5. The average molecular weight is 425 g/mol. The Labute approximate surface area is 163 Å². The second-order valence-electron chi connectivity index (χ2n) is 7.78. The van der Waals surface area contributed by atoms with E-state index < -0.39 is 0 Å². The van der Waals surface area contributed by atoms with E-state index in [0.717, 1.165) is 33.0 Å². The lowest BCUT2D eigenvalue weighted by molar-refractivity contribution is -0.154. The Morgan fingerprint density at radius 3 is 2.44 bits per heavy atom. The number of alkyl halides is 1. The standard InChI is InChI=1S/C11H21BrO2.C7H16N2.CH4O/c1-5-6-7-8-9(12)10(13)14-11(2,3)4;1-7(8)4-2-3-5-9-6-7;1-2/h9H,5-8H2,1-4H3;9H,2-6,8H2,1H3;2H,1H3/t9-;;/m0../s1. The van der Waals surface area contributed by atoms with E-state index in [0.29, 0.717) is 0 Å². The minimum absolute atomic E-state index is 0.0521. The fraction of sp³-hybridized carbons (Fsp3) is 0.947. The van der Waals surface area contributed by atoms with Crippen molar-refractivity contribution in [2.45, 2.75) is 95.5 Å². The minimum Gasteiger partial charge on any atom is -0.459 e. The molecule has 1 aliphatic heterocycles. The van der Waals surface area contributed by atoms with Crippen LogP contribution in [0, 0.1) is 0 Å². The lowest BCUT2D eigenvalue weighted by Crippen LogP contribution is -2.44. The van der Waals surface area contributed by atoms with Gasteiger partial charge in [-0.3, -0.25) is 4.79 Å². The summed E-state index contributed by atoms with van der Waals surface area (Å²) >= 11 is 3.35. The van der Waals surface area contributed by atoms with Gasteiger partial charge in [0.25, 0.3) is 0 Å². The quantitative estimate of drug-likeness (QED) is 0.355. The molecule has 4 N–H and O–H groups in total. The predicted octanol–water partition coefficient (Wildman–Crippen LogP) is 3.76. The molecule has 0 amide bonds. The number of aliphatic hydroxyl groups is 1. The van der Waals surface area contributed by atoms with Gasteiger partial charge in [-0.1, -0.05) is 48.5 Å². The number of carbonyl (C=O) groups excluding carboxylic acids is 1. The van der Waals surface area contributed by atoms with Crippen LogP contribution in [-0.4, -0.2) is 47.2 Å². The van der Waals surface area contributed by atoms with E-state index in [9.17, 15) is 4.79 Å². The minimum atomic E-state index is -0.381. The first kappa shape index (κ1) is 27.1. The molecule has 0 saturated carbocycles. The van der Waals surface area contributed by atoms with Crippen LogP contribution in [0.5, 0.6) is 0 Å². The molecule has 1 heterocycles. The van der Waals surface area contributed by atoms with Crippen LogP contribution in [0.2, 0.25) is 0 Å². The molecule has 0 aliphatic carbocycles. The molecule has 6 heteroatoms. The molecule has 0 aromatic carbocycles. The highest BCUT2D eigenvalue weighted by atomic mass is 79.9. The van der Waals surface area contributed by atoms with Crippen LogP contribution in [0.4, 0.5) is 0 Å². The Bertz CT molecular complexity index is 321. The Morgan fingerprint density at radius 2 is 1.92 bits per heavy atom. The number of hydrogen-bond donors (Lipinski definition) is 3. The molecule has 0 spiro atoms. The van der Waals surface area contributed by atoms with Gasteiger partial charge >= 0.3 is 5.97 Å². The molecular formula is C19H41BrN2O3. The molecular weight excluding hydrogens is 384 g/mol. The first-order valence-corrected chi connectivity index (χ1v) is 10.3. The third-order valence-corrected chi connectivity index (χ3v) is 4.44. The molecule has 0 bridgehead atoms. The van der Waals surface area contributed by atoms with Gasteiger partial charge in [0.05, 0.1) is 0 Å². The lowest BCUT2D eigenvalue weighted by Gasteiger charge is -2.21. The van der Waals surface area contributed by atoms with Crippen molar-refractivity contribution in [2.24, 2.45) is 5.73 Å². The molecule has 1 unspecified atom stereocenters. The van der Waals surface area contributed by atoms with Gasteiger partial charge in [0.15, 0.2) is 0 Å². The van der Waals surface area contributed by atoms with Crippen LogP contribution >= 0.6 is 15.9 Å². The van der Waals surface area contributed by atoms with E-state index in [2.05, 4.69) is 35.1 Å². The van der Waals surface area contributed by atoms with Gasteiger partial charge in [0.2, 0.25) is 0 Å². The maximum atomic E-state index is 11.5. The molecule has 0 aromatic heterocycles. The van der Waals surface area contributed by atoms with Crippen molar-refractivity contribution < 1.29 is 14.6 Å². The summed E-state index contributed by atoms with van der Waals surface area (Å²) in [4.78, 5) is 11.3.